The number of carbonyl (C=O) groups is 1. The Morgan fingerprint density at radius 1 is 1.54 bits per heavy atom. The van der Waals surface area contributed by atoms with Crippen molar-refractivity contribution in [3.8, 4) is 0 Å². The van der Waals surface area contributed by atoms with Crippen LogP contribution >= 0.6 is 11.6 Å². The summed E-state index contributed by atoms with van der Waals surface area (Å²) in [6, 6.07) is 1.23. The molecule has 0 spiro atoms. The molecule has 1 aromatic carbocycles. The molecule has 0 atom stereocenters. The van der Waals surface area contributed by atoms with Crippen molar-refractivity contribution in [1.82, 2.24) is 0 Å². The molecular weight excluding hydrogens is 195 g/mol. The Hall–Kier alpha value is -1.09. The molecule has 0 amide bonds. The minimum Gasteiger partial charge on any atom is -0.478 e. The highest BCUT2D eigenvalue weighted by Gasteiger charge is 2.16. The van der Waals surface area contributed by atoms with Crippen LogP contribution in [0, 0.1) is 19.7 Å². The molecule has 1 rings (SSSR count). The summed E-state index contributed by atoms with van der Waals surface area (Å²) in [5.41, 5.74) is 0.413. The third-order valence-corrected chi connectivity index (χ3v) is 2.41. The molecule has 0 saturated carbocycles. The van der Waals surface area contributed by atoms with Crippen LogP contribution < -0.4 is 0 Å². The van der Waals surface area contributed by atoms with E-state index in [-0.39, 0.29) is 16.1 Å². The largest absolute Gasteiger partial charge is 0.478 e. The maximum Gasteiger partial charge on any atom is 0.338 e. The summed E-state index contributed by atoms with van der Waals surface area (Å²) in [6.45, 7) is 3.10. The van der Waals surface area contributed by atoms with E-state index in [2.05, 4.69) is 0 Å². The van der Waals surface area contributed by atoms with Crippen molar-refractivity contribution in [2.75, 3.05) is 0 Å². The Morgan fingerprint density at radius 2 is 2.08 bits per heavy atom. The van der Waals surface area contributed by atoms with Gasteiger partial charge < -0.3 is 5.11 Å². The van der Waals surface area contributed by atoms with Crippen molar-refractivity contribution in [3.63, 3.8) is 0 Å². The number of carboxylic acids is 1. The second kappa shape index (κ2) is 3.34. The van der Waals surface area contributed by atoms with Crippen molar-refractivity contribution in [2.45, 2.75) is 13.8 Å². The van der Waals surface area contributed by atoms with Gasteiger partial charge in [-0.2, -0.15) is 0 Å². The van der Waals surface area contributed by atoms with Gasteiger partial charge in [-0.3, -0.25) is 0 Å². The van der Waals surface area contributed by atoms with Crippen LogP contribution in [0.4, 0.5) is 4.39 Å². The third kappa shape index (κ3) is 1.65. The normalized spacial score (nSPS) is 10.2. The summed E-state index contributed by atoms with van der Waals surface area (Å²) in [7, 11) is 0. The molecule has 0 aliphatic rings. The van der Waals surface area contributed by atoms with E-state index < -0.39 is 11.8 Å². The van der Waals surface area contributed by atoms with Crippen LogP contribution in [0.5, 0.6) is 0 Å². The van der Waals surface area contributed by atoms with E-state index in [1.54, 1.807) is 6.92 Å². The molecule has 1 N–H and O–H groups in total. The second-order valence-corrected chi connectivity index (χ2v) is 3.18. The number of carboxylic acid groups (broad SMARTS) is 1. The van der Waals surface area contributed by atoms with Gasteiger partial charge in [0.05, 0.1) is 5.56 Å². The molecule has 2 nitrogen and oxygen atoms in total. The highest BCUT2D eigenvalue weighted by atomic mass is 35.5. The first-order valence-electron chi connectivity index (χ1n) is 3.63. The topological polar surface area (TPSA) is 37.3 Å². The van der Waals surface area contributed by atoms with Gasteiger partial charge in [0.15, 0.2) is 0 Å². The summed E-state index contributed by atoms with van der Waals surface area (Å²) in [4.78, 5) is 10.6. The molecule has 0 radical (unpaired) electrons. The van der Waals surface area contributed by atoms with Crippen LogP contribution in [0.15, 0.2) is 6.07 Å². The van der Waals surface area contributed by atoms with E-state index in [4.69, 9.17) is 16.7 Å². The molecule has 0 bridgehead atoms. The lowest BCUT2D eigenvalue weighted by Gasteiger charge is -2.06. The van der Waals surface area contributed by atoms with Gasteiger partial charge in [0, 0.05) is 10.6 Å². The lowest BCUT2D eigenvalue weighted by molar-refractivity contribution is 0.0691. The average molecular weight is 203 g/mol. The number of aryl methyl sites for hydroxylation is 1. The molecule has 0 aliphatic heterocycles. The predicted molar refractivity (Wildman–Crippen MR) is 47.8 cm³/mol. The number of halogens is 2. The Kier molecular flexibility index (Phi) is 2.57. The fraction of sp³-hybridized carbons (Fsp3) is 0.222. The standard InChI is InChI=1S/C9H8ClFO2/c1-4-3-6(9(12)13)8(11)5(2)7(4)10/h3H,1-2H3,(H,12,13). The van der Waals surface area contributed by atoms with E-state index in [0.29, 0.717) is 5.56 Å². The lowest BCUT2D eigenvalue weighted by atomic mass is 10.1. The van der Waals surface area contributed by atoms with Crippen LogP contribution in [0.3, 0.4) is 0 Å². The van der Waals surface area contributed by atoms with Gasteiger partial charge in [-0.05, 0) is 25.5 Å². The first-order chi connectivity index (χ1) is 5.95. The number of aromatic carboxylic acids is 1. The van der Waals surface area contributed by atoms with Gasteiger partial charge in [-0.1, -0.05) is 11.6 Å². The van der Waals surface area contributed by atoms with E-state index in [1.807, 2.05) is 0 Å². The van der Waals surface area contributed by atoms with Crippen LogP contribution in [0.25, 0.3) is 0 Å². The van der Waals surface area contributed by atoms with Crippen LogP contribution in [0.1, 0.15) is 21.5 Å². The van der Waals surface area contributed by atoms with E-state index in [0.717, 1.165) is 0 Å². The number of benzene rings is 1. The molecule has 0 aromatic heterocycles. The van der Waals surface area contributed by atoms with Crippen LogP contribution in [-0.4, -0.2) is 11.1 Å². The summed E-state index contributed by atoms with van der Waals surface area (Å²) < 4.78 is 13.2. The van der Waals surface area contributed by atoms with Crippen molar-refractivity contribution in [3.05, 3.63) is 33.6 Å². The maximum absolute atomic E-state index is 13.2. The number of hydrogen-bond donors (Lipinski definition) is 1. The second-order valence-electron chi connectivity index (χ2n) is 2.80. The van der Waals surface area contributed by atoms with Crippen LogP contribution in [0.2, 0.25) is 5.02 Å². The first-order valence-corrected chi connectivity index (χ1v) is 4.01. The molecule has 0 heterocycles. The van der Waals surface area contributed by atoms with Gasteiger partial charge >= 0.3 is 5.97 Å². The Bertz CT molecular complexity index is 374. The van der Waals surface area contributed by atoms with E-state index in [1.165, 1.54) is 13.0 Å². The molecule has 1 aromatic rings. The highest BCUT2D eigenvalue weighted by molar-refractivity contribution is 6.32. The van der Waals surface area contributed by atoms with Gasteiger partial charge in [0.25, 0.3) is 0 Å². The van der Waals surface area contributed by atoms with Crippen LogP contribution in [-0.2, 0) is 0 Å². The first kappa shape index (κ1) is 9.99. The van der Waals surface area contributed by atoms with E-state index >= 15 is 0 Å². The van der Waals surface area contributed by atoms with Gasteiger partial charge in [-0.25, -0.2) is 9.18 Å². The molecule has 0 unspecified atom stereocenters. The van der Waals surface area contributed by atoms with Gasteiger partial charge in [-0.15, -0.1) is 0 Å². The maximum atomic E-state index is 13.2. The fourth-order valence-corrected chi connectivity index (χ4v) is 1.23. The highest BCUT2D eigenvalue weighted by Crippen LogP contribution is 2.25. The molecule has 0 fully saturated rings. The molecular formula is C9H8ClFO2. The van der Waals surface area contributed by atoms with Gasteiger partial charge in [0.2, 0.25) is 0 Å². The summed E-state index contributed by atoms with van der Waals surface area (Å²) in [6.07, 6.45) is 0. The van der Waals surface area contributed by atoms with E-state index in [9.17, 15) is 9.18 Å². The summed E-state index contributed by atoms with van der Waals surface area (Å²) in [5, 5.41) is 8.90. The predicted octanol–water partition coefficient (Wildman–Crippen LogP) is 2.79. The number of rotatable bonds is 1. The average Bonchev–Trinajstić information content (AvgIpc) is 2.07. The van der Waals surface area contributed by atoms with Crippen molar-refractivity contribution >= 4 is 17.6 Å². The SMILES string of the molecule is Cc1cc(C(=O)O)c(F)c(C)c1Cl. The van der Waals surface area contributed by atoms with Crippen molar-refractivity contribution in [2.24, 2.45) is 0 Å². The fourth-order valence-electron chi connectivity index (χ4n) is 1.09. The Morgan fingerprint density at radius 3 is 2.54 bits per heavy atom. The lowest BCUT2D eigenvalue weighted by Crippen LogP contribution is -2.03. The molecule has 4 heteroatoms. The molecule has 13 heavy (non-hydrogen) atoms. The third-order valence-electron chi connectivity index (χ3n) is 1.83. The minimum atomic E-state index is -1.28. The zero-order valence-electron chi connectivity index (χ0n) is 7.19. The number of hydrogen-bond acceptors (Lipinski definition) is 1. The summed E-state index contributed by atoms with van der Waals surface area (Å²) in [5.74, 6) is -2.04. The Balaban J connectivity index is 3.50. The summed E-state index contributed by atoms with van der Waals surface area (Å²) >= 11 is 5.73. The van der Waals surface area contributed by atoms with Gasteiger partial charge in [0.1, 0.15) is 5.82 Å². The quantitative estimate of drug-likeness (QED) is 0.761. The zero-order valence-corrected chi connectivity index (χ0v) is 7.94. The Labute approximate surface area is 80.0 Å². The molecule has 70 valence electrons. The minimum absolute atomic E-state index is 0.180. The monoisotopic (exact) mass is 202 g/mol. The zero-order chi connectivity index (χ0) is 10.2. The van der Waals surface area contributed by atoms with Crippen molar-refractivity contribution < 1.29 is 14.3 Å². The smallest absolute Gasteiger partial charge is 0.338 e. The van der Waals surface area contributed by atoms with Crippen molar-refractivity contribution in [1.29, 1.82) is 0 Å². The molecule has 0 aliphatic carbocycles. The molecule has 0 saturated heterocycles.